The second kappa shape index (κ2) is 7.06. The lowest BCUT2D eigenvalue weighted by molar-refractivity contribution is -0.890. The van der Waals surface area contributed by atoms with Crippen LogP contribution >= 0.6 is 15.9 Å². The van der Waals surface area contributed by atoms with Gasteiger partial charge in [-0.15, -0.1) is 0 Å². The molecule has 1 heterocycles. The van der Waals surface area contributed by atoms with Gasteiger partial charge < -0.3 is 10.2 Å². The van der Waals surface area contributed by atoms with Gasteiger partial charge in [0.25, 0.3) is 5.91 Å². The first-order valence-corrected chi connectivity index (χ1v) is 7.84. The fourth-order valence-corrected chi connectivity index (χ4v) is 3.07. The maximum Gasteiger partial charge on any atom is 0.279 e. The zero-order chi connectivity index (χ0) is 13.7. The van der Waals surface area contributed by atoms with Gasteiger partial charge in [0.1, 0.15) is 0 Å². The number of quaternary nitrogens is 1. The molecule has 0 atom stereocenters. The molecule has 1 aromatic rings. The molecule has 0 aromatic heterocycles. The highest BCUT2D eigenvalue weighted by Crippen LogP contribution is 2.19. The van der Waals surface area contributed by atoms with Gasteiger partial charge in [-0.3, -0.25) is 4.79 Å². The maximum atomic E-state index is 12.1. The largest absolute Gasteiger partial charge is 0.327 e. The lowest BCUT2D eigenvalue weighted by Crippen LogP contribution is -3.12. The van der Waals surface area contributed by atoms with Gasteiger partial charge in [0.15, 0.2) is 6.54 Å². The number of aryl methyl sites for hydroxylation is 1. The zero-order valence-electron chi connectivity index (χ0n) is 11.5. The average Bonchev–Trinajstić information content (AvgIpc) is 2.61. The second-order valence-corrected chi connectivity index (χ2v) is 6.26. The SMILES string of the molecule is Cc1cc(Br)ccc1NC(=O)C[NH+]1CCCCCC1. The molecule has 0 radical (unpaired) electrons. The van der Waals surface area contributed by atoms with Crippen molar-refractivity contribution in [2.75, 3.05) is 25.0 Å². The Morgan fingerprint density at radius 1 is 1.26 bits per heavy atom. The summed E-state index contributed by atoms with van der Waals surface area (Å²) in [6.45, 7) is 4.87. The molecule has 0 saturated carbocycles. The number of carbonyl (C=O) groups excluding carboxylic acids is 1. The minimum Gasteiger partial charge on any atom is -0.327 e. The zero-order valence-corrected chi connectivity index (χ0v) is 13.1. The third kappa shape index (κ3) is 4.62. The Bertz CT molecular complexity index is 440. The normalized spacial score (nSPS) is 16.9. The first-order valence-electron chi connectivity index (χ1n) is 7.05. The number of halogens is 1. The third-order valence-corrected chi connectivity index (χ3v) is 4.18. The van der Waals surface area contributed by atoms with E-state index in [2.05, 4.69) is 21.2 Å². The van der Waals surface area contributed by atoms with E-state index in [4.69, 9.17) is 0 Å². The minimum absolute atomic E-state index is 0.127. The fourth-order valence-electron chi connectivity index (χ4n) is 2.59. The van der Waals surface area contributed by atoms with Crippen LogP contribution in [0.25, 0.3) is 0 Å². The van der Waals surface area contributed by atoms with Crippen molar-refractivity contribution >= 4 is 27.5 Å². The topological polar surface area (TPSA) is 33.5 Å². The minimum atomic E-state index is 0.127. The molecule has 1 amide bonds. The summed E-state index contributed by atoms with van der Waals surface area (Å²) in [4.78, 5) is 13.5. The van der Waals surface area contributed by atoms with Crippen LogP contribution in [0.3, 0.4) is 0 Å². The van der Waals surface area contributed by atoms with E-state index in [0.29, 0.717) is 6.54 Å². The summed E-state index contributed by atoms with van der Waals surface area (Å²) in [7, 11) is 0. The van der Waals surface area contributed by atoms with E-state index in [-0.39, 0.29) is 5.91 Å². The molecule has 0 bridgehead atoms. The Balaban J connectivity index is 1.89. The number of hydrogen-bond acceptors (Lipinski definition) is 1. The standard InChI is InChI=1S/C15H21BrN2O/c1-12-10-13(16)6-7-14(12)17-15(19)11-18-8-4-2-3-5-9-18/h6-7,10H,2-5,8-9,11H2,1H3,(H,17,19)/p+1. The van der Waals surface area contributed by atoms with Crippen LogP contribution < -0.4 is 10.2 Å². The van der Waals surface area contributed by atoms with Crippen molar-refractivity contribution in [2.24, 2.45) is 0 Å². The second-order valence-electron chi connectivity index (χ2n) is 5.35. The van der Waals surface area contributed by atoms with E-state index in [1.165, 1.54) is 30.6 Å². The van der Waals surface area contributed by atoms with Crippen molar-refractivity contribution in [3.63, 3.8) is 0 Å². The van der Waals surface area contributed by atoms with Crippen molar-refractivity contribution in [2.45, 2.75) is 32.6 Å². The third-order valence-electron chi connectivity index (χ3n) is 3.68. The summed E-state index contributed by atoms with van der Waals surface area (Å²) < 4.78 is 1.04. The van der Waals surface area contributed by atoms with Gasteiger partial charge in [-0.2, -0.15) is 0 Å². The van der Waals surface area contributed by atoms with Crippen LogP contribution in [0.5, 0.6) is 0 Å². The Morgan fingerprint density at radius 2 is 1.95 bits per heavy atom. The first-order chi connectivity index (χ1) is 9.15. The highest BCUT2D eigenvalue weighted by Gasteiger charge is 2.16. The van der Waals surface area contributed by atoms with Crippen molar-refractivity contribution in [1.29, 1.82) is 0 Å². The molecule has 2 rings (SSSR count). The number of benzene rings is 1. The molecule has 0 unspecified atom stereocenters. The van der Waals surface area contributed by atoms with Gasteiger partial charge in [-0.1, -0.05) is 15.9 Å². The van der Waals surface area contributed by atoms with Gasteiger partial charge in [0, 0.05) is 10.2 Å². The van der Waals surface area contributed by atoms with Gasteiger partial charge >= 0.3 is 0 Å². The van der Waals surface area contributed by atoms with Crippen LogP contribution in [-0.4, -0.2) is 25.5 Å². The van der Waals surface area contributed by atoms with Crippen LogP contribution in [-0.2, 0) is 4.79 Å². The van der Waals surface area contributed by atoms with Crippen molar-refractivity contribution in [3.05, 3.63) is 28.2 Å². The molecule has 2 N–H and O–H groups in total. The van der Waals surface area contributed by atoms with Crippen LogP contribution in [0.1, 0.15) is 31.2 Å². The number of nitrogens with one attached hydrogen (secondary N) is 2. The molecular weight excluding hydrogens is 304 g/mol. The molecule has 1 fully saturated rings. The summed E-state index contributed by atoms with van der Waals surface area (Å²) in [6.07, 6.45) is 5.13. The molecule has 19 heavy (non-hydrogen) atoms. The van der Waals surface area contributed by atoms with Gasteiger partial charge in [0.2, 0.25) is 0 Å². The Morgan fingerprint density at radius 3 is 2.58 bits per heavy atom. The highest BCUT2D eigenvalue weighted by molar-refractivity contribution is 9.10. The predicted octanol–water partition coefficient (Wildman–Crippen LogP) is 2.15. The summed E-state index contributed by atoms with van der Waals surface area (Å²) in [5, 5.41) is 3.02. The number of amides is 1. The van der Waals surface area contributed by atoms with E-state index in [9.17, 15) is 4.79 Å². The van der Waals surface area contributed by atoms with Crippen molar-refractivity contribution in [3.8, 4) is 0 Å². The first kappa shape index (κ1) is 14.5. The molecule has 1 aromatic carbocycles. The monoisotopic (exact) mass is 325 g/mol. The van der Waals surface area contributed by atoms with E-state index in [1.807, 2.05) is 25.1 Å². The maximum absolute atomic E-state index is 12.1. The summed E-state index contributed by atoms with van der Waals surface area (Å²) in [6, 6.07) is 5.94. The molecule has 3 nitrogen and oxygen atoms in total. The molecular formula is C15H22BrN2O+. The summed E-state index contributed by atoms with van der Waals surface area (Å²) in [5.41, 5.74) is 2.01. The van der Waals surface area contributed by atoms with E-state index >= 15 is 0 Å². The van der Waals surface area contributed by atoms with Crippen molar-refractivity contribution in [1.82, 2.24) is 0 Å². The smallest absolute Gasteiger partial charge is 0.279 e. The Kier molecular flexibility index (Phi) is 5.40. The Labute approximate surface area is 123 Å². The fraction of sp³-hybridized carbons (Fsp3) is 0.533. The van der Waals surface area contributed by atoms with E-state index in [1.54, 1.807) is 0 Å². The Hall–Kier alpha value is -0.870. The number of anilines is 1. The number of hydrogen-bond donors (Lipinski definition) is 2. The number of carbonyl (C=O) groups is 1. The highest BCUT2D eigenvalue weighted by atomic mass is 79.9. The molecule has 1 saturated heterocycles. The molecule has 0 aliphatic carbocycles. The lowest BCUT2D eigenvalue weighted by atomic mass is 10.2. The number of rotatable bonds is 3. The van der Waals surface area contributed by atoms with Gasteiger partial charge in [0.05, 0.1) is 13.1 Å². The summed E-state index contributed by atoms with van der Waals surface area (Å²) in [5.74, 6) is 0.127. The van der Waals surface area contributed by atoms with Crippen LogP contribution in [0.15, 0.2) is 22.7 Å². The van der Waals surface area contributed by atoms with E-state index in [0.717, 1.165) is 28.8 Å². The summed E-state index contributed by atoms with van der Waals surface area (Å²) >= 11 is 3.43. The van der Waals surface area contributed by atoms with Crippen LogP contribution in [0, 0.1) is 6.92 Å². The van der Waals surface area contributed by atoms with Gasteiger partial charge in [-0.05, 0) is 56.4 Å². The molecule has 1 aliphatic rings. The van der Waals surface area contributed by atoms with Crippen molar-refractivity contribution < 1.29 is 9.69 Å². The number of likely N-dealkylation sites (tertiary alicyclic amines) is 1. The molecule has 0 spiro atoms. The van der Waals surface area contributed by atoms with Crippen LogP contribution in [0.4, 0.5) is 5.69 Å². The average molecular weight is 326 g/mol. The van der Waals surface area contributed by atoms with Gasteiger partial charge in [-0.25, -0.2) is 0 Å². The predicted molar refractivity (Wildman–Crippen MR) is 81.5 cm³/mol. The quantitative estimate of drug-likeness (QED) is 0.877. The molecule has 4 heteroatoms. The van der Waals surface area contributed by atoms with E-state index < -0.39 is 0 Å². The lowest BCUT2D eigenvalue weighted by Gasteiger charge is -2.17. The molecule has 104 valence electrons. The molecule has 1 aliphatic heterocycles. The van der Waals surface area contributed by atoms with Crippen LogP contribution in [0.2, 0.25) is 0 Å².